The van der Waals surface area contributed by atoms with E-state index in [0.29, 0.717) is 16.3 Å². The summed E-state index contributed by atoms with van der Waals surface area (Å²) in [5.74, 6) is 0.509. The lowest BCUT2D eigenvalue weighted by atomic mass is 10.3. The van der Waals surface area contributed by atoms with E-state index in [-0.39, 0.29) is 10.8 Å². The Kier molecular flexibility index (Phi) is 3.78. The van der Waals surface area contributed by atoms with Crippen molar-refractivity contribution in [1.29, 1.82) is 0 Å². The van der Waals surface area contributed by atoms with Gasteiger partial charge in [0, 0.05) is 18.0 Å². The van der Waals surface area contributed by atoms with Crippen molar-refractivity contribution >= 4 is 17.0 Å². The average Bonchev–Trinajstić information content (AvgIpc) is 2.87. The summed E-state index contributed by atoms with van der Waals surface area (Å²) in [5.41, 5.74) is 1.30. The minimum atomic E-state index is -0.771. The second kappa shape index (κ2) is 5.22. The van der Waals surface area contributed by atoms with Crippen LogP contribution in [-0.2, 0) is 7.05 Å². The van der Waals surface area contributed by atoms with Gasteiger partial charge in [0.1, 0.15) is 5.69 Å². The molecule has 8 heteroatoms. The third-order valence-corrected chi connectivity index (χ3v) is 4.12. The molecule has 1 N–H and O–H groups in total. The number of hydrogen-bond acceptors (Lipinski definition) is 6. The molecular weight excluding hydrogens is 282 g/mol. The summed E-state index contributed by atoms with van der Waals surface area (Å²) < 4.78 is 7.32. The molecule has 2 rings (SSSR count). The molecule has 2 aromatic heterocycles. The van der Waals surface area contributed by atoms with Crippen LogP contribution in [-0.4, -0.2) is 19.8 Å². The Bertz CT molecular complexity index is 660. The van der Waals surface area contributed by atoms with Crippen molar-refractivity contribution in [1.82, 2.24) is 9.78 Å². The lowest BCUT2D eigenvalue weighted by Crippen LogP contribution is -1.93. The van der Waals surface area contributed by atoms with E-state index in [1.807, 2.05) is 6.92 Å². The van der Waals surface area contributed by atoms with Crippen LogP contribution in [0.5, 0.6) is 10.8 Å². The van der Waals surface area contributed by atoms with E-state index in [0.717, 1.165) is 17.0 Å². The maximum absolute atomic E-state index is 11.1. The topological polar surface area (TPSA) is 90.4 Å². The number of aliphatic hydroxyl groups excluding tert-OH is 1. The van der Waals surface area contributed by atoms with Crippen LogP contribution in [0.4, 0.5) is 5.69 Å². The highest BCUT2D eigenvalue weighted by Gasteiger charge is 2.25. The van der Waals surface area contributed by atoms with Crippen molar-refractivity contribution in [3.05, 3.63) is 32.4 Å². The zero-order valence-corrected chi connectivity index (χ0v) is 12.4. The van der Waals surface area contributed by atoms with Crippen molar-refractivity contribution in [2.75, 3.05) is 0 Å². The number of hydrogen-bond donors (Lipinski definition) is 1. The molecule has 0 unspecified atom stereocenters. The van der Waals surface area contributed by atoms with Crippen LogP contribution in [0.25, 0.3) is 0 Å². The third-order valence-electron chi connectivity index (χ3n) is 2.94. The SMILES string of the molecule is Cc1nn(C)c(C)c1Oc1sc([C@@H](C)O)cc1[N+](=O)[O-]. The summed E-state index contributed by atoms with van der Waals surface area (Å²) in [4.78, 5) is 11.0. The lowest BCUT2D eigenvalue weighted by molar-refractivity contribution is -0.385. The van der Waals surface area contributed by atoms with E-state index < -0.39 is 11.0 Å². The van der Waals surface area contributed by atoms with Crippen molar-refractivity contribution in [2.24, 2.45) is 7.05 Å². The first kappa shape index (κ1) is 14.5. The van der Waals surface area contributed by atoms with Crippen molar-refractivity contribution in [3.8, 4) is 10.8 Å². The fourth-order valence-corrected chi connectivity index (χ4v) is 2.70. The summed E-state index contributed by atoms with van der Waals surface area (Å²) in [7, 11) is 1.78. The molecule has 0 aliphatic carbocycles. The number of nitrogens with zero attached hydrogens (tertiary/aromatic N) is 3. The molecule has 0 fully saturated rings. The normalized spacial score (nSPS) is 12.4. The number of aryl methyl sites for hydroxylation is 2. The highest BCUT2D eigenvalue weighted by molar-refractivity contribution is 7.14. The minimum absolute atomic E-state index is 0.145. The predicted octanol–water partition coefficient (Wildman–Crippen LogP) is 2.85. The zero-order chi connectivity index (χ0) is 15.0. The fourth-order valence-electron chi connectivity index (χ4n) is 1.78. The average molecular weight is 297 g/mol. The summed E-state index contributed by atoms with van der Waals surface area (Å²) in [6, 6.07) is 1.34. The van der Waals surface area contributed by atoms with Crippen LogP contribution in [0.15, 0.2) is 6.07 Å². The summed E-state index contributed by atoms with van der Waals surface area (Å²) in [5, 5.41) is 24.9. The van der Waals surface area contributed by atoms with Crippen molar-refractivity contribution < 1.29 is 14.8 Å². The van der Waals surface area contributed by atoms with Crippen LogP contribution in [0.2, 0.25) is 0 Å². The molecular formula is C12H15N3O4S. The van der Waals surface area contributed by atoms with Crippen LogP contribution < -0.4 is 4.74 Å². The molecule has 0 aliphatic rings. The van der Waals surface area contributed by atoms with E-state index in [2.05, 4.69) is 5.10 Å². The van der Waals surface area contributed by atoms with E-state index in [1.165, 1.54) is 6.07 Å². The first-order valence-electron chi connectivity index (χ1n) is 5.95. The van der Waals surface area contributed by atoms with Gasteiger partial charge in [-0.15, -0.1) is 0 Å². The molecule has 108 valence electrons. The molecule has 0 bridgehead atoms. The first-order valence-corrected chi connectivity index (χ1v) is 6.77. The molecule has 0 radical (unpaired) electrons. The van der Waals surface area contributed by atoms with E-state index in [9.17, 15) is 15.2 Å². The second-order valence-electron chi connectivity index (χ2n) is 4.48. The molecule has 0 aromatic carbocycles. The Hall–Kier alpha value is -1.93. The molecule has 20 heavy (non-hydrogen) atoms. The second-order valence-corrected chi connectivity index (χ2v) is 5.53. The Morgan fingerprint density at radius 1 is 1.55 bits per heavy atom. The largest absolute Gasteiger partial charge is 0.436 e. The van der Waals surface area contributed by atoms with Crippen LogP contribution in [0.3, 0.4) is 0 Å². The molecule has 2 aromatic rings. The van der Waals surface area contributed by atoms with E-state index >= 15 is 0 Å². The first-order chi connectivity index (χ1) is 9.31. The maximum atomic E-state index is 11.1. The molecule has 0 amide bonds. The van der Waals surface area contributed by atoms with Crippen molar-refractivity contribution in [2.45, 2.75) is 26.9 Å². The molecule has 0 saturated heterocycles. The monoisotopic (exact) mass is 297 g/mol. The Morgan fingerprint density at radius 2 is 2.20 bits per heavy atom. The molecule has 7 nitrogen and oxygen atoms in total. The minimum Gasteiger partial charge on any atom is -0.436 e. The van der Waals surface area contributed by atoms with Crippen LogP contribution in [0.1, 0.15) is 29.3 Å². The van der Waals surface area contributed by atoms with E-state index in [4.69, 9.17) is 4.74 Å². The van der Waals surface area contributed by atoms with E-state index in [1.54, 1.807) is 25.6 Å². The third kappa shape index (κ3) is 2.52. The summed E-state index contributed by atoms with van der Waals surface area (Å²) in [6.07, 6.45) is -0.771. The highest BCUT2D eigenvalue weighted by Crippen LogP contribution is 2.43. The smallest absolute Gasteiger partial charge is 0.323 e. The van der Waals surface area contributed by atoms with Crippen molar-refractivity contribution in [3.63, 3.8) is 0 Å². The number of rotatable bonds is 4. The summed E-state index contributed by atoms with van der Waals surface area (Å²) >= 11 is 1.07. The van der Waals surface area contributed by atoms with Gasteiger partial charge in [-0.2, -0.15) is 5.10 Å². The van der Waals surface area contributed by atoms with Crippen LogP contribution >= 0.6 is 11.3 Å². The molecule has 0 saturated carbocycles. The van der Waals surface area contributed by atoms with Gasteiger partial charge in [-0.1, -0.05) is 11.3 Å². The zero-order valence-electron chi connectivity index (χ0n) is 11.6. The number of nitro groups is 1. The Morgan fingerprint density at radius 3 is 2.65 bits per heavy atom. The fraction of sp³-hybridized carbons (Fsp3) is 0.417. The number of thiophene rings is 1. The number of aromatic nitrogens is 2. The molecule has 1 atom stereocenters. The van der Waals surface area contributed by atoms with Gasteiger partial charge >= 0.3 is 5.69 Å². The van der Waals surface area contributed by atoms with Crippen LogP contribution in [0, 0.1) is 24.0 Å². The molecule has 0 spiro atoms. The summed E-state index contributed by atoms with van der Waals surface area (Å²) in [6.45, 7) is 5.15. The van der Waals surface area contributed by atoms with Gasteiger partial charge in [-0.25, -0.2) is 0 Å². The number of aliphatic hydroxyl groups is 1. The van der Waals surface area contributed by atoms with Gasteiger partial charge in [0.05, 0.1) is 16.7 Å². The van der Waals surface area contributed by atoms with Gasteiger partial charge in [0.15, 0.2) is 5.75 Å². The molecule has 2 heterocycles. The maximum Gasteiger partial charge on any atom is 0.323 e. The standard InChI is InChI=1S/C12H15N3O4S/c1-6-11(7(2)14(4)13-6)19-12-9(15(17)18)5-10(20-12)8(3)16/h5,8,16H,1-4H3/t8-/m1/s1. The lowest BCUT2D eigenvalue weighted by Gasteiger charge is -2.03. The quantitative estimate of drug-likeness (QED) is 0.692. The van der Waals surface area contributed by atoms with Gasteiger partial charge < -0.3 is 9.84 Å². The van der Waals surface area contributed by atoms with Gasteiger partial charge in [-0.3, -0.25) is 14.8 Å². The predicted molar refractivity (Wildman–Crippen MR) is 74.4 cm³/mol. The Labute approximate surface area is 119 Å². The molecule has 0 aliphatic heterocycles. The van der Waals surface area contributed by atoms with Gasteiger partial charge in [0.25, 0.3) is 5.06 Å². The van der Waals surface area contributed by atoms with Gasteiger partial charge in [0.2, 0.25) is 0 Å². The van der Waals surface area contributed by atoms with Gasteiger partial charge in [-0.05, 0) is 20.8 Å². The Balaban J connectivity index is 2.44. The number of ether oxygens (including phenoxy) is 1. The highest BCUT2D eigenvalue weighted by atomic mass is 32.1.